The number of aliphatic carboxylic acids is 1. The first kappa shape index (κ1) is 18.0. The predicted molar refractivity (Wildman–Crippen MR) is 81.5 cm³/mol. The molecule has 1 fully saturated rings. The van der Waals surface area contributed by atoms with E-state index < -0.39 is 55.0 Å². The average Bonchev–Trinajstić information content (AvgIpc) is 3.17. The van der Waals surface area contributed by atoms with Gasteiger partial charge in [0, 0.05) is 36.6 Å². The van der Waals surface area contributed by atoms with E-state index in [2.05, 4.69) is 10.1 Å². The largest absolute Gasteiger partial charge is 0.481 e. The summed E-state index contributed by atoms with van der Waals surface area (Å²) < 4.78 is 40.2. The number of carboxylic acids is 1. The molecule has 2 N–H and O–H groups in total. The third-order valence-electron chi connectivity index (χ3n) is 4.58. The molecule has 1 amide bonds. The van der Waals surface area contributed by atoms with Crippen LogP contribution in [0, 0.1) is 18.8 Å². The number of aryl methyl sites for hydroxylation is 1. The van der Waals surface area contributed by atoms with Crippen molar-refractivity contribution >= 4 is 17.5 Å². The molecule has 0 bridgehead atoms. The zero-order valence-electron chi connectivity index (χ0n) is 13.6. The second-order valence-electron chi connectivity index (χ2n) is 6.21. The molecule has 3 heterocycles. The van der Waals surface area contributed by atoms with Crippen molar-refractivity contribution < 1.29 is 27.9 Å². The lowest BCUT2D eigenvalue weighted by Crippen LogP contribution is -2.35. The first-order chi connectivity index (χ1) is 12.1. The number of aromatic nitrogens is 3. The Morgan fingerprint density at radius 2 is 2.08 bits per heavy atom. The molecule has 2 atom stereocenters. The summed E-state index contributed by atoms with van der Waals surface area (Å²) in [5, 5.41) is 11.7. The highest BCUT2D eigenvalue weighted by molar-refractivity contribution is 5.81. The van der Waals surface area contributed by atoms with Gasteiger partial charge in [-0.25, -0.2) is 9.50 Å². The van der Waals surface area contributed by atoms with Crippen LogP contribution < -0.4 is 5.56 Å². The van der Waals surface area contributed by atoms with E-state index in [0.29, 0.717) is 11.3 Å². The standard InChI is InChI=1S/C15H15F3N4O4/c1-7-8(13(24)22-11(20-7)2-3-19-22)4-12(23)21-5-9(14(25)26)10(6-21)15(16,17)18/h2-3,9-10,19H,4-6H2,1H3,(H,25,26)/t9-,10-/m1/s1. The highest BCUT2D eigenvalue weighted by Gasteiger charge is 2.53. The molecule has 26 heavy (non-hydrogen) atoms. The highest BCUT2D eigenvalue weighted by atomic mass is 19.4. The second-order valence-corrected chi connectivity index (χ2v) is 6.21. The average molecular weight is 372 g/mol. The summed E-state index contributed by atoms with van der Waals surface area (Å²) in [4.78, 5) is 40.9. The van der Waals surface area contributed by atoms with Crippen molar-refractivity contribution in [2.24, 2.45) is 11.8 Å². The molecule has 0 spiro atoms. The van der Waals surface area contributed by atoms with E-state index in [0.717, 1.165) is 9.42 Å². The molecule has 1 aliphatic heterocycles. The van der Waals surface area contributed by atoms with Gasteiger partial charge in [0.05, 0.1) is 18.3 Å². The van der Waals surface area contributed by atoms with Crippen LogP contribution in [-0.2, 0) is 16.0 Å². The zero-order valence-corrected chi connectivity index (χ0v) is 13.6. The van der Waals surface area contributed by atoms with Gasteiger partial charge in [-0.05, 0) is 6.92 Å². The molecule has 1 saturated heterocycles. The van der Waals surface area contributed by atoms with Gasteiger partial charge in [0.15, 0.2) is 5.65 Å². The fourth-order valence-electron chi connectivity index (χ4n) is 3.16. The number of hydrogen-bond acceptors (Lipinski definition) is 4. The first-order valence-corrected chi connectivity index (χ1v) is 7.72. The Morgan fingerprint density at radius 3 is 2.65 bits per heavy atom. The van der Waals surface area contributed by atoms with Crippen LogP contribution in [0.25, 0.3) is 5.65 Å². The van der Waals surface area contributed by atoms with Gasteiger partial charge in [0.1, 0.15) is 0 Å². The van der Waals surface area contributed by atoms with Gasteiger partial charge in [-0.2, -0.15) is 13.2 Å². The molecule has 11 heteroatoms. The Hall–Kier alpha value is -2.85. The minimum Gasteiger partial charge on any atom is -0.481 e. The summed E-state index contributed by atoms with van der Waals surface area (Å²) >= 11 is 0. The Morgan fingerprint density at radius 1 is 1.38 bits per heavy atom. The number of carbonyl (C=O) groups is 2. The Balaban J connectivity index is 1.85. The van der Waals surface area contributed by atoms with Crippen molar-refractivity contribution in [3.63, 3.8) is 0 Å². The van der Waals surface area contributed by atoms with Crippen LogP contribution in [0.5, 0.6) is 0 Å². The number of amides is 1. The molecular weight excluding hydrogens is 357 g/mol. The molecule has 0 radical (unpaired) electrons. The maximum Gasteiger partial charge on any atom is 0.394 e. The van der Waals surface area contributed by atoms with Crippen molar-refractivity contribution in [1.29, 1.82) is 0 Å². The highest BCUT2D eigenvalue weighted by Crippen LogP contribution is 2.37. The van der Waals surface area contributed by atoms with Crippen LogP contribution >= 0.6 is 0 Å². The SMILES string of the molecule is Cc1nc2cc[nH]n2c(=O)c1CC(=O)N1C[C@@H](C(F)(F)F)[C@H](C(=O)O)C1. The van der Waals surface area contributed by atoms with Crippen LogP contribution in [-0.4, -0.2) is 55.7 Å². The Bertz CT molecular complexity index is 933. The molecule has 0 aliphatic carbocycles. The van der Waals surface area contributed by atoms with Crippen molar-refractivity contribution in [2.45, 2.75) is 19.5 Å². The van der Waals surface area contributed by atoms with Crippen LogP contribution in [0.3, 0.4) is 0 Å². The van der Waals surface area contributed by atoms with Crippen molar-refractivity contribution in [3.8, 4) is 0 Å². The van der Waals surface area contributed by atoms with E-state index in [1.165, 1.54) is 13.1 Å². The van der Waals surface area contributed by atoms with Crippen molar-refractivity contribution in [1.82, 2.24) is 19.5 Å². The third-order valence-corrected chi connectivity index (χ3v) is 4.58. The lowest BCUT2D eigenvalue weighted by atomic mass is 9.96. The number of halogens is 3. The van der Waals surface area contributed by atoms with Crippen LogP contribution in [0.4, 0.5) is 13.2 Å². The van der Waals surface area contributed by atoms with Gasteiger partial charge in [-0.15, -0.1) is 0 Å². The summed E-state index contributed by atoms with van der Waals surface area (Å²) in [6.45, 7) is 0.244. The van der Waals surface area contributed by atoms with E-state index in [1.54, 1.807) is 6.07 Å². The normalized spacial score (nSPS) is 20.7. The van der Waals surface area contributed by atoms with Gasteiger partial charge in [0.2, 0.25) is 5.91 Å². The van der Waals surface area contributed by atoms with E-state index in [1.807, 2.05) is 0 Å². The number of H-pyrrole nitrogens is 1. The summed E-state index contributed by atoms with van der Waals surface area (Å²) in [6, 6.07) is 1.56. The second kappa shape index (κ2) is 6.15. The van der Waals surface area contributed by atoms with Crippen molar-refractivity contribution in [3.05, 3.63) is 33.9 Å². The van der Waals surface area contributed by atoms with E-state index in [4.69, 9.17) is 5.11 Å². The fraction of sp³-hybridized carbons (Fsp3) is 0.467. The molecule has 0 saturated carbocycles. The zero-order chi connectivity index (χ0) is 19.2. The van der Waals surface area contributed by atoms with Gasteiger partial charge >= 0.3 is 12.1 Å². The summed E-state index contributed by atoms with van der Waals surface area (Å²) in [6.07, 6.45) is -3.69. The molecule has 140 valence electrons. The van der Waals surface area contributed by atoms with E-state index in [-0.39, 0.29) is 5.56 Å². The molecule has 0 unspecified atom stereocenters. The maximum absolute atomic E-state index is 13.0. The van der Waals surface area contributed by atoms with Crippen LogP contribution in [0.15, 0.2) is 17.1 Å². The summed E-state index contributed by atoms with van der Waals surface area (Å²) in [5.41, 5.74) is 0.182. The maximum atomic E-state index is 13.0. The van der Waals surface area contributed by atoms with Crippen molar-refractivity contribution in [2.75, 3.05) is 13.1 Å². The Labute approximate surface area is 144 Å². The topological polar surface area (TPSA) is 108 Å². The molecule has 2 aromatic heterocycles. The number of hydrogen-bond donors (Lipinski definition) is 2. The molecule has 3 rings (SSSR count). The van der Waals surface area contributed by atoms with E-state index >= 15 is 0 Å². The minimum absolute atomic E-state index is 0.0530. The van der Waals surface area contributed by atoms with Crippen LogP contribution in [0.1, 0.15) is 11.3 Å². The number of nitrogens with zero attached hydrogens (tertiary/aromatic N) is 3. The predicted octanol–water partition coefficient (Wildman–Crippen LogP) is 0.595. The fourth-order valence-corrected chi connectivity index (χ4v) is 3.16. The number of alkyl halides is 3. The number of nitrogens with one attached hydrogen (secondary N) is 1. The first-order valence-electron chi connectivity index (χ1n) is 7.72. The molecule has 0 aromatic carbocycles. The molecule has 8 nitrogen and oxygen atoms in total. The van der Waals surface area contributed by atoms with Gasteiger partial charge in [-0.3, -0.25) is 19.5 Å². The number of fused-ring (bicyclic) bond motifs is 1. The Kier molecular flexibility index (Phi) is 4.24. The summed E-state index contributed by atoms with van der Waals surface area (Å²) in [7, 11) is 0. The van der Waals surface area contributed by atoms with Crippen LogP contribution in [0.2, 0.25) is 0 Å². The lowest BCUT2D eigenvalue weighted by molar-refractivity contribution is -0.188. The number of aromatic amines is 1. The number of carboxylic acid groups (broad SMARTS) is 1. The minimum atomic E-state index is -4.72. The quantitative estimate of drug-likeness (QED) is 0.820. The van der Waals surface area contributed by atoms with E-state index in [9.17, 15) is 27.6 Å². The monoisotopic (exact) mass is 372 g/mol. The number of rotatable bonds is 3. The lowest BCUT2D eigenvalue weighted by Gasteiger charge is -2.18. The number of carbonyl (C=O) groups excluding carboxylic acids is 1. The number of likely N-dealkylation sites (tertiary alicyclic amines) is 1. The van der Waals surface area contributed by atoms with Gasteiger partial charge in [0.25, 0.3) is 5.56 Å². The molecule has 1 aliphatic rings. The van der Waals surface area contributed by atoms with Gasteiger partial charge < -0.3 is 10.0 Å². The third kappa shape index (κ3) is 3.04. The smallest absolute Gasteiger partial charge is 0.394 e. The van der Waals surface area contributed by atoms with Gasteiger partial charge in [-0.1, -0.05) is 0 Å². The molecular formula is C15H15F3N4O4. The summed E-state index contributed by atoms with van der Waals surface area (Å²) in [5.74, 6) is -6.19. The molecule has 2 aromatic rings.